The van der Waals surface area contributed by atoms with Crippen LogP contribution in [0.4, 0.5) is 0 Å². The molecule has 0 bridgehead atoms. The van der Waals surface area contributed by atoms with E-state index in [0.29, 0.717) is 6.54 Å². The van der Waals surface area contributed by atoms with E-state index in [4.69, 9.17) is 0 Å². The maximum absolute atomic E-state index is 13.1. The van der Waals surface area contributed by atoms with Crippen molar-refractivity contribution in [1.82, 2.24) is 19.0 Å². The fraction of sp³-hybridized carbons (Fsp3) is 0.632. The fourth-order valence-corrected chi connectivity index (χ4v) is 4.58. The predicted molar refractivity (Wildman–Crippen MR) is 96.4 cm³/mol. The van der Waals surface area contributed by atoms with Crippen LogP contribution in [0, 0.1) is 5.41 Å². The van der Waals surface area contributed by atoms with Gasteiger partial charge in [-0.2, -0.15) is 0 Å². The van der Waals surface area contributed by atoms with E-state index in [-0.39, 0.29) is 23.1 Å². The normalized spacial score (nSPS) is 23.3. The molecule has 1 aliphatic carbocycles. The lowest BCUT2D eigenvalue weighted by Gasteiger charge is -2.35. The standard InChI is InChI=1S/C19H26N4O2/c1-19(9-4-3-5-10-19)17(24)22-12-8-14(13-22)23-16-15(7-6-11-20-16)21(2)18(23)25/h6-7,11,14H,3-5,8-10,12-13H2,1-2H3/t14-/m1/s1. The zero-order valence-electron chi connectivity index (χ0n) is 15.1. The number of aromatic nitrogens is 3. The molecule has 2 fully saturated rings. The molecule has 1 aliphatic heterocycles. The number of amides is 1. The molecule has 2 aromatic rings. The number of fused-ring (bicyclic) bond motifs is 1. The van der Waals surface area contributed by atoms with Gasteiger partial charge in [0.25, 0.3) is 0 Å². The molecule has 4 rings (SSSR count). The molecule has 0 N–H and O–H groups in total. The van der Waals surface area contributed by atoms with Crippen molar-refractivity contribution in [2.75, 3.05) is 13.1 Å². The van der Waals surface area contributed by atoms with Crippen LogP contribution in [0.2, 0.25) is 0 Å². The van der Waals surface area contributed by atoms with Gasteiger partial charge in [-0.25, -0.2) is 9.78 Å². The Morgan fingerprint density at radius 1 is 1.28 bits per heavy atom. The topological polar surface area (TPSA) is 60.1 Å². The van der Waals surface area contributed by atoms with Crippen LogP contribution in [0.25, 0.3) is 11.2 Å². The summed E-state index contributed by atoms with van der Waals surface area (Å²) in [5.74, 6) is 0.274. The van der Waals surface area contributed by atoms with Crippen LogP contribution < -0.4 is 5.69 Å². The summed E-state index contributed by atoms with van der Waals surface area (Å²) in [6, 6.07) is 3.78. The van der Waals surface area contributed by atoms with Gasteiger partial charge in [0.05, 0.1) is 11.6 Å². The van der Waals surface area contributed by atoms with Gasteiger partial charge in [0.15, 0.2) is 5.65 Å². The Morgan fingerprint density at radius 3 is 2.80 bits per heavy atom. The highest BCUT2D eigenvalue weighted by molar-refractivity contribution is 5.82. The van der Waals surface area contributed by atoms with Crippen molar-refractivity contribution in [2.45, 2.75) is 51.5 Å². The Labute approximate surface area is 147 Å². The monoisotopic (exact) mass is 342 g/mol. The van der Waals surface area contributed by atoms with Crippen LogP contribution >= 0.6 is 0 Å². The van der Waals surface area contributed by atoms with Gasteiger partial charge < -0.3 is 4.90 Å². The minimum Gasteiger partial charge on any atom is -0.340 e. The van der Waals surface area contributed by atoms with E-state index in [0.717, 1.165) is 49.8 Å². The highest BCUT2D eigenvalue weighted by Crippen LogP contribution is 2.39. The molecule has 1 atom stereocenters. The van der Waals surface area contributed by atoms with Crippen LogP contribution in [0.3, 0.4) is 0 Å². The molecule has 0 spiro atoms. The van der Waals surface area contributed by atoms with E-state index in [9.17, 15) is 9.59 Å². The smallest absolute Gasteiger partial charge is 0.330 e. The van der Waals surface area contributed by atoms with Gasteiger partial charge in [0, 0.05) is 31.7 Å². The number of pyridine rings is 1. The van der Waals surface area contributed by atoms with Gasteiger partial charge in [0.1, 0.15) is 0 Å². The Balaban J connectivity index is 1.60. The number of likely N-dealkylation sites (tertiary alicyclic amines) is 1. The van der Waals surface area contributed by atoms with Gasteiger partial charge in [-0.1, -0.05) is 26.2 Å². The summed E-state index contributed by atoms with van der Waals surface area (Å²) in [6.45, 7) is 3.46. The Hall–Kier alpha value is -2.11. The molecule has 6 heteroatoms. The average molecular weight is 342 g/mol. The highest BCUT2D eigenvalue weighted by atomic mass is 16.2. The molecule has 1 saturated carbocycles. The molecule has 134 valence electrons. The minimum absolute atomic E-state index is 0.0160. The van der Waals surface area contributed by atoms with E-state index >= 15 is 0 Å². The summed E-state index contributed by atoms with van der Waals surface area (Å²) in [6.07, 6.45) is 8.04. The van der Waals surface area contributed by atoms with Crippen LogP contribution in [0.15, 0.2) is 23.1 Å². The second-order valence-electron chi connectivity index (χ2n) is 7.87. The lowest BCUT2D eigenvalue weighted by atomic mass is 9.75. The maximum atomic E-state index is 13.1. The number of carbonyl (C=O) groups is 1. The molecule has 0 aromatic carbocycles. The average Bonchev–Trinajstić information content (AvgIpc) is 3.19. The molecule has 6 nitrogen and oxygen atoms in total. The molecular formula is C19H26N4O2. The number of rotatable bonds is 2. The Morgan fingerprint density at radius 2 is 2.04 bits per heavy atom. The Bertz CT molecular complexity index is 860. The molecule has 3 heterocycles. The first-order valence-electron chi connectivity index (χ1n) is 9.32. The van der Waals surface area contributed by atoms with E-state index in [1.165, 1.54) is 6.42 Å². The van der Waals surface area contributed by atoms with Gasteiger partial charge >= 0.3 is 5.69 Å². The fourth-order valence-electron chi connectivity index (χ4n) is 4.58. The molecule has 0 radical (unpaired) electrons. The van der Waals surface area contributed by atoms with Gasteiger partial charge in [0.2, 0.25) is 5.91 Å². The van der Waals surface area contributed by atoms with E-state index in [2.05, 4.69) is 11.9 Å². The first-order valence-corrected chi connectivity index (χ1v) is 9.32. The molecule has 2 aliphatic rings. The van der Waals surface area contributed by atoms with Crippen molar-refractivity contribution < 1.29 is 4.79 Å². The van der Waals surface area contributed by atoms with Crippen LogP contribution in [-0.2, 0) is 11.8 Å². The lowest BCUT2D eigenvalue weighted by molar-refractivity contribution is -0.142. The SMILES string of the molecule is Cn1c(=O)n([C@@H]2CCN(C(=O)C3(C)CCCCC3)C2)c2ncccc21. The molecule has 1 amide bonds. The third-order valence-electron chi connectivity index (χ3n) is 6.14. The number of aryl methyl sites for hydroxylation is 1. The molecule has 25 heavy (non-hydrogen) atoms. The third kappa shape index (κ3) is 2.58. The van der Waals surface area contributed by atoms with E-state index < -0.39 is 0 Å². The molecular weight excluding hydrogens is 316 g/mol. The number of hydrogen-bond donors (Lipinski definition) is 0. The first-order chi connectivity index (χ1) is 12.0. The molecule has 0 unspecified atom stereocenters. The Kier molecular flexibility index (Phi) is 3.93. The summed E-state index contributed by atoms with van der Waals surface area (Å²) < 4.78 is 3.43. The maximum Gasteiger partial charge on any atom is 0.330 e. The van der Waals surface area contributed by atoms with Crippen LogP contribution in [-0.4, -0.2) is 38.0 Å². The van der Waals surface area contributed by atoms with Crippen LogP contribution in [0.5, 0.6) is 0 Å². The lowest BCUT2D eigenvalue weighted by Crippen LogP contribution is -2.42. The largest absolute Gasteiger partial charge is 0.340 e. The first kappa shape index (κ1) is 16.4. The van der Waals surface area contributed by atoms with Gasteiger partial charge in [-0.15, -0.1) is 0 Å². The highest BCUT2D eigenvalue weighted by Gasteiger charge is 2.40. The van der Waals surface area contributed by atoms with Crippen LogP contribution in [0.1, 0.15) is 51.5 Å². The summed E-state index contributed by atoms with van der Waals surface area (Å²) in [7, 11) is 1.78. The van der Waals surface area contributed by atoms with Crippen molar-refractivity contribution in [2.24, 2.45) is 12.5 Å². The molecule has 2 aromatic heterocycles. The predicted octanol–water partition coefficient (Wildman–Crippen LogP) is 2.48. The van der Waals surface area contributed by atoms with Crippen molar-refractivity contribution in [1.29, 1.82) is 0 Å². The van der Waals surface area contributed by atoms with Crippen molar-refractivity contribution in [3.05, 3.63) is 28.8 Å². The minimum atomic E-state index is -0.213. The number of imidazole rings is 1. The van der Waals surface area contributed by atoms with Gasteiger partial charge in [-0.3, -0.25) is 13.9 Å². The number of nitrogens with zero attached hydrogens (tertiary/aromatic N) is 4. The van der Waals surface area contributed by atoms with E-state index in [1.54, 1.807) is 22.4 Å². The van der Waals surface area contributed by atoms with Crippen molar-refractivity contribution in [3.8, 4) is 0 Å². The van der Waals surface area contributed by atoms with E-state index in [1.807, 2.05) is 17.0 Å². The number of hydrogen-bond acceptors (Lipinski definition) is 3. The zero-order chi connectivity index (χ0) is 17.6. The summed E-state index contributed by atoms with van der Waals surface area (Å²) >= 11 is 0. The summed E-state index contributed by atoms with van der Waals surface area (Å²) in [4.78, 5) is 32.2. The van der Waals surface area contributed by atoms with Crippen molar-refractivity contribution >= 4 is 17.1 Å². The second kappa shape index (κ2) is 6.00. The summed E-state index contributed by atoms with van der Waals surface area (Å²) in [5.41, 5.74) is 1.31. The molecule has 1 saturated heterocycles. The second-order valence-corrected chi connectivity index (χ2v) is 7.87. The van der Waals surface area contributed by atoms with Gasteiger partial charge in [-0.05, 0) is 31.4 Å². The third-order valence-corrected chi connectivity index (χ3v) is 6.14. The van der Waals surface area contributed by atoms with Crippen molar-refractivity contribution in [3.63, 3.8) is 0 Å². The quantitative estimate of drug-likeness (QED) is 0.842. The number of carbonyl (C=O) groups excluding carboxylic acids is 1. The summed E-state index contributed by atoms with van der Waals surface area (Å²) in [5, 5.41) is 0. The zero-order valence-corrected chi connectivity index (χ0v) is 15.1.